The minimum Gasteiger partial charge on any atom is -0.294 e. The van der Waals surface area contributed by atoms with Crippen LogP contribution in [0.5, 0.6) is 0 Å². The molecule has 0 bridgehead atoms. The molecular formula is C14H16N2S. The second kappa shape index (κ2) is 3.57. The lowest BCUT2D eigenvalue weighted by Gasteiger charge is -2.26. The largest absolute Gasteiger partial charge is 0.294 e. The lowest BCUT2D eigenvalue weighted by atomic mass is 9.95. The summed E-state index contributed by atoms with van der Waals surface area (Å²) in [4.78, 5) is 0. The Morgan fingerprint density at radius 2 is 2.06 bits per heavy atom. The molecule has 0 atom stereocenters. The van der Waals surface area contributed by atoms with E-state index in [9.17, 15) is 0 Å². The van der Waals surface area contributed by atoms with Crippen molar-refractivity contribution in [2.45, 2.75) is 25.8 Å². The zero-order chi connectivity index (χ0) is 12.0. The molecule has 1 aromatic carbocycles. The topological polar surface area (TPSA) is 15.6 Å². The highest BCUT2D eigenvalue weighted by Gasteiger charge is 2.32. The average Bonchev–Trinajstić information content (AvgIpc) is 2.81. The van der Waals surface area contributed by atoms with Crippen LogP contribution in [0, 0.1) is 0 Å². The normalized spacial score (nSPS) is 18.8. The van der Waals surface area contributed by atoms with E-state index >= 15 is 0 Å². The molecule has 2 heterocycles. The Balaban J connectivity index is 2.09. The smallest absolute Gasteiger partial charge is 0.0716 e. The maximum atomic E-state index is 4.69. The van der Waals surface area contributed by atoms with Gasteiger partial charge in [-0.05, 0) is 19.9 Å². The Labute approximate surface area is 106 Å². The van der Waals surface area contributed by atoms with Gasteiger partial charge in [0.05, 0.1) is 11.3 Å². The number of hydrogen-bond acceptors (Lipinski definition) is 3. The van der Waals surface area contributed by atoms with Crippen LogP contribution < -0.4 is 0 Å². The summed E-state index contributed by atoms with van der Waals surface area (Å²) in [7, 11) is 2.06. The van der Waals surface area contributed by atoms with Gasteiger partial charge in [-0.1, -0.05) is 18.2 Å². The fourth-order valence-electron chi connectivity index (χ4n) is 2.23. The van der Waals surface area contributed by atoms with E-state index in [2.05, 4.69) is 55.5 Å². The molecule has 0 saturated heterocycles. The van der Waals surface area contributed by atoms with Gasteiger partial charge >= 0.3 is 0 Å². The molecule has 0 unspecified atom stereocenters. The average molecular weight is 244 g/mol. The Kier molecular flexibility index (Phi) is 2.26. The van der Waals surface area contributed by atoms with E-state index < -0.39 is 0 Å². The third kappa shape index (κ3) is 1.65. The Hall–Kier alpha value is -1.35. The summed E-state index contributed by atoms with van der Waals surface area (Å²) in [6.07, 6.45) is 1.02. The predicted octanol–water partition coefficient (Wildman–Crippen LogP) is 3.72. The molecule has 1 aliphatic rings. The molecule has 0 fully saturated rings. The van der Waals surface area contributed by atoms with Gasteiger partial charge in [-0.3, -0.25) is 5.01 Å². The first-order valence-corrected chi connectivity index (χ1v) is 6.74. The lowest BCUT2D eigenvalue weighted by molar-refractivity contribution is 0.194. The van der Waals surface area contributed by atoms with Crippen molar-refractivity contribution in [1.29, 1.82) is 0 Å². The molecule has 17 heavy (non-hydrogen) atoms. The van der Waals surface area contributed by atoms with Crippen LogP contribution in [0.1, 0.15) is 25.8 Å². The van der Waals surface area contributed by atoms with E-state index in [1.165, 1.54) is 21.4 Å². The maximum Gasteiger partial charge on any atom is 0.0716 e. The first kappa shape index (κ1) is 10.8. The van der Waals surface area contributed by atoms with Crippen molar-refractivity contribution >= 4 is 27.1 Å². The van der Waals surface area contributed by atoms with E-state index in [0.717, 1.165) is 6.42 Å². The van der Waals surface area contributed by atoms with Gasteiger partial charge in [0.1, 0.15) is 0 Å². The van der Waals surface area contributed by atoms with Gasteiger partial charge in [0.2, 0.25) is 0 Å². The Morgan fingerprint density at radius 3 is 2.76 bits per heavy atom. The zero-order valence-corrected chi connectivity index (χ0v) is 11.2. The highest BCUT2D eigenvalue weighted by Crippen LogP contribution is 2.33. The number of rotatable bonds is 1. The minimum absolute atomic E-state index is 0.137. The molecule has 1 aliphatic heterocycles. The van der Waals surface area contributed by atoms with Gasteiger partial charge in [-0.2, -0.15) is 5.10 Å². The molecule has 88 valence electrons. The third-order valence-corrected chi connectivity index (χ3v) is 4.50. The van der Waals surface area contributed by atoms with Crippen LogP contribution in [-0.2, 0) is 0 Å². The number of fused-ring (bicyclic) bond motifs is 1. The van der Waals surface area contributed by atoms with Crippen LogP contribution in [-0.4, -0.2) is 23.3 Å². The quantitative estimate of drug-likeness (QED) is 0.746. The van der Waals surface area contributed by atoms with Gasteiger partial charge in [-0.25, -0.2) is 0 Å². The van der Waals surface area contributed by atoms with Crippen molar-refractivity contribution in [1.82, 2.24) is 5.01 Å². The summed E-state index contributed by atoms with van der Waals surface area (Å²) in [6.45, 7) is 4.47. The maximum absolute atomic E-state index is 4.69. The summed E-state index contributed by atoms with van der Waals surface area (Å²) in [5.74, 6) is 0. The van der Waals surface area contributed by atoms with E-state index in [-0.39, 0.29) is 5.54 Å². The van der Waals surface area contributed by atoms with Crippen molar-refractivity contribution in [2.24, 2.45) is 5.10 Å². The van der Waals surface area contributed by atoms with Gasteiger partial charge < -0.3 is 0 Å². The number of benzene rings is 1. The summed E-state index contributed by atoms with van der Waals surface area (Å²) in [5.41, 5.74) is 2.66. The molecule has 3 rings (SSSR count). The summed E-state index contributed by atoms with van der Waals surface area (Å²) in [5, 5.41) is 10.3. The SMILES string of the molecule is CN1N=C(c2csc3ccccc23)CC1(C)C. The van der Waals surface area contributed by atoms with Crippen LogP contribution in [0.3, 0.4) is 0 Å². The number of hydrazone groups is 1. The van der Waals surface area contributed by atoms with Gasteiger partial charge in [0.15, 0.2) is 0 Å². The number of thiophene rings is 1. The first-order valence-electron chi connectivity index (χ1n) is 5.86. The molecule has 0 N–H and O–H groups in total. The van der Waals surface area contributed by atoms with E-state index in [0.29, 0.717) is 0 Å². The number of nitrogens with zero attached hydrogens (tertiary/aromatic N) is 2. The molecule has 1 aromatic heterocycles. The van der Waals surface area contributed by atoms with Gasteiger partial charge in [0, 0.05) is 34.5 Å². The van der Waals surface area contributed by atoms with Crippen LogP contribution in [0.4, 0.5) is 0 Å². The van der Waals surface area contributed by atoms with Crippen LogP contribution in [0.25, 0.3) is 10.1 Å². The highest BCUT2D eigenvalue weighted by molar-refractivity contribution is 7.17. The van der Waals surface area contributed by atoms with Crippen molar-refractivity contribution < 1.29 is 0 Å². The molecule has 2 aromatic rings. The van der Waals surface area contributed by atoms with E-state index in [1.807, 2.05) is 0 Å². The molecule has 0 radical (unpaired) electrons. The lowest BCUT2D eigenvalue weighted by Crippen LogP contribution is -2.33. The second-order valence-electron chi connectivity index (χ2n) is 5.21. The van der Waals surface area contributed by atoms with Crippen molar-refractivity contribution in [2.75, 3.05) is 7.05 Å². The Bertz CT molecular complexity index is 595. The van der Waals surface area contributed by atoms with Gasteiger partial charge in [-0.15, -0.1) is 11.3 Å². The molecule has 2 nitrogen and oxygen atoms in total. The summed E-state index contributed by atoms with van der Waals surface area (Å²) in [6, 6.07) is 8.56. The fourth-order valence-corrected chi connectivity index (χ4v) is 3.20. The van der Waals surface area contributed by atoms with Crippen molar-refractivity contribution in [3.05, 3.63) is 35.2 Å². The Morgan fingerprint density at radius 1 is 1.29 bits per heavy atom. The highest BCUT2D eigenvalue weighted by atomic mass is 32.1. The van der Waals surface area contributed by atoms with E-state index in [4.69, 9.17) is 5.10 Å². The molecule has 0 saturated carbocycles. The zero-order valence-electron chi connectivity index (χ0n) is 10.4. The predicted molar refractivity (Wildman–Crippen MR) is 74.8 cm³/mol. The van der Waals surface area contributed by atoms with Crippen molar-refractivity contribution in [3.63, 3.8) is 0 Å². The molecule has 0 amide bonds. The second-order valence-corrected chi connectivity index (χ2v) is 6.12. The first-order chi connectivity index (χ1) is 8.08. The molecular weight excluding hydrogens is 228 g/mol. The van der Waals surface area contributed by atoms with Crippen LogP contribution in [0.15, 0.2) is 34.7 Å². The monoisotopic (exact) mass is 244 g/mol. The standard InChI is InChI=1S/C14H16N2S/c1-14(2)8-12(15-16(14)3)11-9-17-13-7-5-4-6-10(11)13/h4-7,9H,8H2,1-3H3. The van der Waals surface area contributed by atoms with Gasteiger partial charge in [0.25, 0.3) is 0 Å². The van der Waals surface area contributed by atoms with Crippen LogP contribution in [0.2, 0.25) is 0 Å². The fraction of sp³-hybridized carbons (Fsp3) is 0.357. The van der Waals surface area contributed by atoms with E-state index in [1.54, 1.807) is 11.3 Å². The van der Waals surface area contributed by atoms with Crippen molar-refractivity contribution in [3.8, 4) is 0 Å². The van der Waals surface area contributed by atoms with Crippen LogP contribution >= 0.6 is 11.3 Å². The summed E-state index contributed by atoms with van der Waals surface area (Å²) >= 11 is 1.80. The summed E-state index contributed by atoms with van der Waals surface area (Å²) < 4.78 is 1.34. The molecule has 0 spiro atoms. The number of hydrogen-bond donors (Lipinski definition) is 0. The molecule has 3 heteroatoms. The third-order valence-electron chi connectivity index (χ3n) is 3.54. The minimum atomic E-state index is 0.137. The molecule has 0 aliphatic carbocycles.